The molecule has 2 rings (SSSR count). The quantitative estimate of drug-likeness (QED) is 0.847. The van der Waals surface area contributed by atoms with E-state index in [1.165, 1.54) is 0 Å². The van der Waals surface area contributed by atoms with Gasteiger partial charge in [0.15, 0.2) is 0 Å². The minimum Gasteiger partial charge on any atom is -0.307 e. The van der Waals surface area contributed by atoms with Crippen LogP contribution < -0.4 is 5.32 Å². The normalized spacial score (nSPS) is 23.5. The van der Waals surface area contributed by atoms with Crippen LogP contribution in [0.15, 0.2) is 6.20 Å². The lowest BCUT2D eigenvalue weighted by molar-refractivity contribution is 0.125. The van der Waals surface area contributed by atoms with Gasteiger partial charge in [-0.1, -0.05) is 26.0 Å². The molecule has 0 aromatic carbocycles. The molecular formula is C15H28N4. The van der Waals surface area contributed by atoms with Gasteiger partial charge in [-0.2, -0.15) is 0 Å². The Labute approximate surface area is 117 Å². The predicted molar refractivity (Wildman–Crippen MR) is 78.3 cm³/mol. The van der Waals surface area contributed by atoms with E-state index >= 15 is 0 Å². The maximum atomic E-state index is 4.38. The standard InChI is InChI=1S/C15H28N4/c1-13(2,3)12-10-19(18-16-12)11-8-14(4,5)17-15(6,7)9-11/h10-11,17H,8-9H2,1-7H3. The lowest BCUT2D eigenvalue weighted by Crippen LogP contribution is -2.58. The fraction of sp³-hybridized carbons (Fsp3) is 0.867. The van der Waals surface area contributed by atoms with E-state index in [1.807, 2.05) is 0 Å². The van der Waals surface area contributed by atoms with Crippen molar-refractivity contribution < 1.29 is 0 Å². The monoisotopic (exact) mass is 264 g/mol. The Kier molecular flexibility index (Phi) is 3.28. The molecule has 0 bridgehead atoms. The number of aromatic nitrogens is 3. The molecule has 4 heteroatoms. The molecule has 4 nitrogen and oxygen atoms in total. The molecule has 1 saturated heterocycles. The Balaban J connectivity index is 2.24. The Morgan fingerprint density at radius 1 is 1.16 bits per heavy atom. The number of nitrogens with one attached hydrogen (secondary N) is 1. The van der Waals surface area contributed by atoms with Gasteiger partial charge in [0.05, 0.1) is 11.7 Å². The molecule has 108 valence electrons. The minimum atomic E-state index is 0.0657. The summed E-state index contributed by atoms with van der Waals surface area (Å²) in [7, 11) is 0. The molecule has 0 atom stereocenters. The fourth-order valence-corrected chi connectivity index (χ4v) is 3.25. The molecule has 1 aromatic rings. The molecule has 1 aromatic heterocycles. The van der Waals surface area contributed by atoms with Crippen LogP contribution in [0.4, 0.5) is 0 Å². The van der Waals surface area contributed by atoms with Crippen molar-refractivity contribution in [3.8, 4) is 0 Å². The number of piperidine rings is 1. The van der Waals surface area contributed by atoms with Crippen molar-refractivity contribution in [1.29, 1.82) is 0 Å². The second-order valence-electron chi connectivity index (χ2n) is 8.29. The average Bonchev–Trinajstić information content (AvgIpc) is 2.59. The van der Waals surface area contributed by atoms with Crippen molar-refractivity contribution in [3.05, 3.63) is 11.9 Å². The first-order chi connectivity index (χ1) is 8.49. The van der Waals surface area contributed by atoms with Crippen molar-refractivity contribution in [3.63, 3.8) is 0 Å². The van der Waals surface area contributed by atoms with Gasteiger partial charge in [0.2, 0.25) is 0 Å². The van der Waals surface area contributed by atoms with Gasteiger partial charge in [-0.15, -0.1) is 5.10 Å². The topological polar surface area (TPSA) is 42.7 Å². The van der Waals surface area contributed by atoms with Crippen molar-refractivity contribution in [2.24, 2.45) is 0 Å². The van der Waals surface area contributed by atoms with Gasteiger partial charge in [-0.05, 0) is 40.5 Å². The van der Waals surface area contributed by atoms with Crippen LogP contribution in [0.1, 0.15) is 73.0 Å². The Morgan fingerprint density at radius 3 is 2.11 bits per heavy atom. The molecule has 1 aliphatic heterocycles. The highest BCUT2D eigenvalue weighted by molar-refractivity contribution is 5.08. The van der Waals surface area contributed by atoms with Gasteiger partial charge in [-0.25, -0.2) is 4.68 Å². The van der Waals surface area contributed by atoms with Crippen molar-refractivity contribution in [2.75, 3.05) is 0 Å². The zero-order valence-electron chi connectivity index (χ0n) is 13.4. The molecule has 0 amide bonds. The van der Waals surface area contributed by atoms with Crippen LogP contribution in [0, 0.1) is 0 Å². The molecule has 0 aliphatic carbocycles. The molecular weight excluding hydrogens is 236 g/mol. The Hall–Kier alpha value is -0.900. The maximum absolute atomic E-state index is 4.38. The molecule has 19 heavy (non-hydrogen) atoms. The smallest absolute Gasteiger partial charge is 0.0880 e. The summed E-state index contributed by atoms with van der Waals surface area (Å²) in [5.74, 6) is 0. The third-order valence-corrected chi connectivity index (χ3v) is 3.82. The van der Waals surface area contributed by atoms with Crippen molar-refractivity contribution in [2.45, 2.75) is 83.8 Å². The Morgan fingerprint density at radius 2 is 1.68 bits per heavy atom. The zero-order valence-corrected chi connectivity index (χ0v) is 13.4. The first kappa shape index (κ1) is 14.5. The van der Waals surface area contributed by atoms with Crippen LogP contribution in [-0.4, -0.2) is 26.1 Å². The van der Waals surface area contributed by atoms with Crippen LogP contribution in [0.5, 0.6) is 0 Å². The third kappa shape index (κ3) is 3.35. The van der Waals surface area contributed by atoms with Crippen molar-refractivity contribution in [1.82, 2.24) is 20.3 Å². The molecule has 1 fully saturated rings. The molecule has 2 heterocycles. The minimum absolute atomic E-state index is 0.0657. The highest BCUT2D eigenvalue weighted by Gasteiger charge is 2.39. The SMILES string of the molecule is CC1(C)CC(n2cc(C(C)(C)C)nn2)CC(C)(C)N1. The summed E-state index contributed by atoms with van der Waals surface area (Å²) < 4.78 is 2.07. The van der Waals surface area contributed by atoms with Crippen LogP contribution in [0.3, 0.4) is 0 Å². The number of nitrogens with zero attached hydrogens (tertiary/aromatic N) is 3. The fourth-order valence-electron chi connectivity index (χ4n) is 3.25. The average molecular weight is 264 g/mol. The predicted octanol–water partition coefficient (Wildman–Crippen LogP) is 3.06. The second kappa shape index (κ2) is 4.30. The van der Waals surface area contributed by atoms with E-state index in [9.17, 15) is 0 Å². The van der Waals surface area contributed by atoms with Gasteiger partial charge in [-0.3, -0.25) is 0 Å². The summed E-state index contributed by atoms with van der Waals surface area (Å²) in [6.07, 6.45) is 4.30. The molecule has 1 aliphatic rings. The van der Waals surface area contributed by atoms with Gasteiger partial charge in [0.25, 0.3) is 0 Å². The van der Waals surface area contributed by atoms with Crippen molar-refractivity contribution >= 4 is 0 Å². The summed E-state index contributed by atoms with van der Waals surface area (Å²) in [5, 5.41) is 12.4. The highest BCUT2D eigenvalue weighted by atomic mass is 15.4. The third-order valence-electron chi connectivity index (χ3n) is 3.82. The summed E-state index contributed by atoms with van der Waals surface area (Å²) in [4.78, 5) is 0. The number of hydrogen-bond donors (Lipinski definition) is 1. The summed E-state index contributed by atoms with van der Waals surface area (Å²) in [6.45, 7) is 15.6. The first-order valence-electron chi connectivity index (χ1n) is 7.20. The van der Waals surface area contributed by atoms with Crippen LogP contribution in [0.2, 0.25) is 0 Å². The molecule has 0 radical (unpaired) electrons. The lowest BCUT2D eigenvalue weighted by Gasteiger charge is -2.46. The summed E-state index contributed by atoms with van der Waals surface area (Å²) >= 11 is 0. The summed E-state index contributed by atoms with van der Waals surface area (Å²) in [5.41, 5.74) is 1.41. The lowest BCUT2D eigenvalue weighted by atomic mass is 9.79. The van der Waals surface area contributed by atoms with Gasteiger partial charge in [0.1, 0.15) is 0 Å². The second-order valence-corrected chi connectivity index (χ2v) is 8.29. The van der Waals surface area contributed by atoms with E-state index in [2.05, 4.69) is 75.0 Å². The number of rotatable bonds is 1. The molecule has 0 unspecified atom stereocenters. The van der Waals surface area contributed by atoms with Crippen LogP contribution in [-0.2, 0) is 5.41 Å². The van der Waals surface area contributed by atoms with Crippen LogP contribution in [0.25, 0.3) is 0 Å². The maximum Gasteiger partial charge on any atom is 0.0880 e. The van der Waals surface area contributed by atoms with E-state index in [0.717, 1.165) is 18.5 Å². The van der Waals surface area contributed by atoms with E-state index < -0.39 is 0 Å². The number of hydrogen-bond acceptors (Lipinski definition) is 3. The Bertz CT molecular complexity index is 435. The first-order valence-corrected chi connectivity index (χ1v) is 7.20. The molecule has 0 saturated carbocycles. The molecule has 1 N–H and O–H groups in total. The molecule has 0 spiro atoms. The van der Waals surface area contributed by atoms with Gasteiger partial charge >= 0.3 is 0 Å². The van der Waals surface area contributed by atoms with Gasteiger partial charge in [0, 0.05) is 22.7 Å². The van der Waals surface area contributed by atoms with E-state index in [4.69, 9.17) is 0 Å². The van der Waals surface area contributed by atoms with E-state index in [0.29, 0.717) is 6.04 Å². The van der Waals surface area contributed by atoms with E-state index in [1.54, 1.807) is 0 Å². The van der Waals surface area contributed by atoms with E-state index in [-0.39, 0.29) is 16.5 Å². The zero-order chi connectivity index (χ0) is 14.5. The summed E-state index contributed by atoms with van der Waals surface area (Å²) in [6, 6.07) is 0.426. The highest BCUT2D eigenvalue weighted by Crippen LogP contribution is 2.35. The largest absolute Gasteiger partial charge is 0.307 e. The van der Waals surface area contributed by atoms with Crippen LogP contribution >= 0.6 is 0 Å². The van der Waals surface area contributed by atoms with Gasteiger partial charge < -0.3 is 5.32 Å².